The molecule has 4 rings (SSSR count). The van der Waals surface area contributed by atoms with Crippen LogP contribution in [0.3, 0.4) is 0 Å². The van der Waals surface area contributed by atoms with Crippen molar-refractivity contribution in [3.05, 3.63) is 94.3 Å². The topological polar surface area (TPSA) is 47.2 Å². The Morgan fingerprint density at radius 2 is 1.81 bits per heavy atom. The molecule has 5 heteroatoms. The van der Waals surface area contributed by atoms with Crippen LogP contribution in [0, 0.1) is 6.92 Å². The molecule has 0 unspecified atom stereocenters. The van der Waals surface area contributed by atoms with Crippen molar-refractivity contribution >= 4 is 28.6 Å². The molecule has 2 aromatic heterocycles. The van der Waals surface area contributed by atoms with Gasteiger partial charge in [0.2, 0.25) is 0 Å². The van der Waals surface area contributed by atoms with Gasteiger partial charge in [-0.1, -0.05) is 54.1 Å². The fourth-order valence-corrected chi connectivity index (χ4v) is 3.40. The predicted octanol–water partition coefficient (Wildman–Crippen LogP) is 5.17. The number of aromatic nitrogens is 1. The molecular weight excluding hydrogens is 360 g/mol. The second-order valence-corrected chi connectivity index (χ2v) is 6.89. The molecule has 2 heterocycles. The van der Waals surface area contributed by atoms with E-state index in [9.17, 15) is 4.79 Å². The summed E-state index contributed by atoms with van der Waals surface area (Å²) < 4.78 is 7.51. The number of rotatable bonds is 5. The van der Waals surface area contributed by atoms with Crippen LogP contribution in [0.2, 0.25) is 5.02 Å². The fraction of sp³-hybridized carbons (Fsp3) is 0.136. The Hall–Kier alpha value is -2.98. The first kappa shape index (κ1) is 17.4. The molecule has 0 radical (unpaired) electrons. The molecule has 4 aromatic rings. The number of amides is 1. The van der Waals surface area contributed by atoms with Gasteiger partial charge >= 0.3 is 0 Å². The van der Waals surface area contributed by atoms with E-state index >= 15 is 0 Å². The van der Waals surface area contributed by atoms with E-state index in [1.807, 2.05) is 47.0 Å². The van der Waals surface area contributed by atoms with E-state index in [0.29, 0.717) is 29.4 Å². The van der Waals surface area contributed by atoms with Crippen LogP contribution in [0.25, 0.3) is 11.1 Å². The standard InChI is InChI=1S/C22H19ClN2O2/c1-15-6-2-3-8-17(15)14-25-19-10-11-27-21(19)12-20(25)22(26)24-13-16-7-4-5-9-18(16)23/h2-12H,13-14H2,1H3,(H,24,26). The van der Waals surface area contributed by atoms with E-state index in [4.69, 9.17) is 16.0 Å². The average Bonchev–Trinajstić information content (AvgIpc) is 3.25. The van der Waals surface area contributed by atoms with Gasteiger partial charge in [-0.15, -0.1) is 0 Å². The summed E-state index contributed by atoms with van der Waals surface area (Å²) in [6, 6.07) is 19.3. The molecule has 1 amide bonds. The summed E-state index contributed by atoms with van der Waals surface area (Å²) in [6.45, 7) is 3.04. The molecule has 136 valence electrons. The monoisotopic (exact) mass is 378 g/mol. The number of halogens is 1. The summed E-state index contributed by atoms with van der Waals surface area (Å²) in [4.78, 5) is 12.9. The van der Waals surface area contributed by atoms with Crippen molar-refractivity contribution < 1.29 is 9.21 Å². The summed E-state index contributed by atoms with van der Waals surface area (Å²) in [5.74, 6) is -0.157. The smallest absolute Gasteiger partial charge is 0.268 e. The zero-order chi connectivity index (χ0) is 18.8. The number of aryl methyl sites for hydroxylation is 1. The molecule has 1 N–H and O–H groups in total. The van der Waals surface area contributed by atoms with Crippen LogP contribution in [-0.4, -0.2) is 10.5 Å². The van der Waals surface area contributed by atoms with Gasteiger partial charge < -0.3 is 14.3 Å². The summed E-state index contributed by atoms with van der Waals surface area (Å²) in [7, 11) is 0. The Kier molecular flexibility index (Phi) is 4.73. The average molecular weight is 379 g/mol. The van der Waals surface area contributed by atoms with Gasteiger partial charge in [0.05, 0.1) is 11.8 Å². The van der Waals surface area contributed by atoms with Crippen molar-refractivity contribution in [2.75, 3.05) is 0 Å². The lowest BCUT2D eigenvalue weighted by molar-refractivity contribution is 0.0942. The number of hydrogen-bond acceptors (Lipinski definition) is 2. The predicted molar refractivity (Wildman–Crippen MR) is 107 cm³/mol. The van der Waals surface area contributed by atoms with E-state index in [-0.39, 0.29) is 5.91 Å². The third-order valence-electron chi connectivity index (χ3n) is 4.74. The molecule has 0 atom stereocenters. The largest absolute Gasteiger partial charge is 0.463 e. The van der Waals surface area contributed by atoms with E-state index in [0.717, 1.165) is 16.6 Å². The van der Waals surface area contributed by atoms with Crippen LogP contribution in [0.5, 0.6) is 0 Å². The summed E-state index contributed by atoms with van der Waals surface area (Å²) in [5.41, 5.74) is 5.40. The van der Waals surface area contributed by atoms with Crippen LogP contribution in [-0.2, 0) is 13.1 Å². The lowest BCUT2D eigenvalue weighted by atomic mass is 10.1. The van der Waals surface area contributed by atoms with Crippen molar-refractivity contribution in [3.8, 4) is 0 Å². The quantitative estimate of drug-likeness (QED) is 0.520. The summed E-state index contributed by atoms with van der Waals surface area (Å²) >= 11 is 6.18. The van der Waals surface area contributed by atoms with Crippen molar-refractivity contribution in [3.63, 3.8) is 0 Å². The van der Waals surface area contributed by atoms with Crippen molar-refractivity contribution in [1.82, 2.24) is 9.88 Å². The van der Waals surface area contributed by atoms with E-state index in [1.54, 1.807) is 12.3 Å². The SMILES string of the molecule is Cc1ccccc1Cn1c(C(=O)NCc2ccccc2Cl)cc2occc21. The number of carbonyl (C=O) groups excluding carboxylic acids is 1. The van der Waals surface area contributed by atoms with Crippen LogP contribution < -0.4 is 5.32 Å². The Balaban J connectivity index is 1.63. The van der Waals surface area contributed by atoms with E-state index in [2.05, 4.69) is 24.4 Å². The number of fused-ring (bicyclic) bond motifs is 1. The van der Waals surface area contributed by atoms with Crippen LogP contribution in [0.1, 0.15) is 27.2 Å². The van der Waals surface area contributed by atoms with Crippen LogP contribution in [0.4, 0.5) is 0 Å². The summed E-state index contributed by atoms with van der Waals surface area (Å²) in [5, 5.41) is 3.60. The number of furan rings is 1. The van der Waals surface area contributed by atoms with Gasteiger partial charge in [0.25, 0.3) is 5.91 Å². The van der Waals surface area contributed by atoms with Crippen molar-refractivity contribution in [2.24, 2.45) is 0 Å². The van der Waals surface area contributed by atoms with Gasteiger partial charge in [0.1, 0.15) is 5.69 Å². The highest BCUT2D eigenvalue weighted by Gasteiger charge is 2.18. The number of carbonyl (C=O) groups is 1. The third kappa shape index (κ3) is 3.49. The van der Waals surface area contributed by atoms with Crippen molar-refractivity contribution in [1.29, 1.82) is 0 Å². The van der Waals surface area contributed by atoms with E-state index < -0.39 is 0 Å². The molecule has 0 spiro atoms. The summed E-state index contributed by atoms with van der Waals surface area (Å²) in [6.07, 6.45) is 1.64. The molecule has 4 nitrogen and oxygen atoms in total. The van der Waals surface area contributed by atoms with Crippen LogP contribution in [0.15, 0.2) is 71.3 Å². The Morgan fingerprint density at radius 1 is 1.07 bits per heavy atom. The molecule has 2 aromatic carbocycles. The maximum Gasteiger partial charge on any atom is 0.268 e. The second kappa shape index (κ2) is 7.33. The molecule has 0 fully saturated rings. The maximum absolute atomic E-state index is 12.9. The number of hydrogen-bond donors (Lipinski definition) is 1. The molecule has 27 heavy (non-hydrogen) atoms. The van der Waals surface area contributed by atoms with Crippen LogP contribution >= 0.6 is 11.6 Å². The molecule has 0 aliphatic rings. The van der Waals surface area contributed by atoms with Gasteiger partial charge in [-0.25, -0.2) is 0 Å². The third-order valence-corrected chi connectivity index (χ3v) is 5.11. The van der Waals surface area contributed by atoms with E-state index in [1.165, 1.54) is 5.56 Å². The van der Waals surface area contributed by atoms with Crippen molar-refractivity contribution in [2.45, 2.75) is 20.0 Å². The molecule has 0 bridgehead atoms. The number of benzene rings is 2. The first-order valence-electron chi connectivity index (χ1n) is 8.76. The second-order valence-electron chi connectivity index (χ2n) is 6.49. The highest BCUT2D eigenvalue weighted by atomic mass is 35.5. The van der Waals surface area contributed by atoms with Gasteiger partial charge in [-0.2, -0.15) is 0 Å². The van der Waals surface area contributed by atoms with Gasteiger partial charge in [0, 0.05) is 30.2 Å². The number of nitrogens with zero attached hydrogens (tertiary/aromatic N) is 1. The fourth-order valence-electron chi connectivity index (χ4n) is 3.20. The van der Waals surface area contributed by atoms with Gasteiger partial charge in [-0.05, 0) is 29.7 Å². The molecule has 0 aliphatic heterocycles. The first-order valence-corrected chi connectivity index (χ1v) is 9.14. The first-order chi connectivity index (χ1) is 13.1. The normalized spacial score (nSPS) is 11.0. The molecular formula is C22H19ClN2O2. The zero-order valence-electron chi connectivity index (χ0n) is 14.9. The minimum Gasteiger partial charge on any atom is -0.463 e. The zero-order valence-corrected chi connectivity index (χ0v) is 15.7. The number of nitrogens with one attached hydrogen (secondary N) is 1. The Morgan fingerprint density at radius 3 is 2.59 bits per heavy atom. The minimum absolute atomic E-state index is 0.157. The highest BCUT2D eigenvalue weighted by Crippen LogP contribution is 2.24. The maximum atomic E-state index is 12.9. The molecule has 0 saturated carbocycles. The van der Waals surface area contributed by atoms with Gasteiger partial charge in [-0.3, -0.25) is 4.79 Å². The highest BCUT2D eigenvalue weighted by molar-refractivity contribution is 6.31. The molecule has 0 saturated heterocycles. The Labute approximate surface area is 162 Å². The molecule has 0 aliphatic carbocycles. The lowest BCUT2D eigenvalue weighted by Gasteiger charge is -2.13. The van der Waals surface area contributed by atoms with Gasteiger partial charge in [0.15, 0.2) is 5.58 Å². The Bertz CT molecular complexity index is 1110. The lowest BCUT2D eigenvalue weighted by Crippen LogP contribution is -2.25. The minimum atomic E-state index is -0.157.